The normalized spacial score (nSPS) is 17.0. The molecule has 2 aliphatic rings. The summed E-state index contributed by atoms with van der Waals surface area (Å²) in [5.41, 5.74) is 4.04. The van der Waals surface area contributed by atoms with Gasteiger partial charge in [-0.25, -0.2) is 0 Å². The van der Waals surface area contributed by atoms with Gasteiger partial charge in [-0.2, -0.15) is 0 Å². The molecule has 2 N–H and O–H groups in total. The molecule has 6 nitrogen and oxygen atoms in total. The van der Waals surface area contributed by atoms with Crippen molar-refractivity contribution in [1.29, 1.82) is 0 Å². The molecule has 2 aromatic rings. The van der Waals surface area contributed by atoms with Gasteiger partial charge in [0.05, 0.1) is 6.42 Å². The van der Waals surface area contributed by atoms with E-state index in [1.54, 1.807) is 0 Å². The van der Waals surface area contributed by atoms with Gasteiger partial charge >= 0.3 is 0 Å². The minimum Gasteiger partial charge on any atom is -0.491 e. The number of ether oxygens (including phenoxy) is 1. The lowest BCUT2D eigenvalue weighted by molar-refractivity contribution is -0.115. The fourth-order valence-corrected chi connectivity index (χ4v) is 3.93. The molecule has 30 heavy (non-hydrogen) atoms. The van der Waals surface area contributed by atoms with Crippen molar-refractivity contribution >= 4 is 17.3 Å². The van der Waals surface area contributed by atoms with Crippen LogP contribution >= 0.6 is 0 Å². The highest BCUT2D eigenvalue weighted by atomic mass is 16.5. The van der Waals surface area contributed by atoms with Gasteiger partial charge in [0.25, 0.3) is 0 Å². The van der Waals surface area contributed by atoms with Gasteiger partial charge in [0.15, 0.2) is 0 Å². The van der Waals surface area contributed by atoms with Crippen molar-refractivity contribution in [1.82, 2.24) is 4.90 Å². The third-order valence-corrected chi connectivity index (χ3v) is 5.49. The molecular formula is C24H27N3O3. The fourth-order valence-electron chi connectivity index (χ4n) is 3.93. The predicted octanol–water partition coefficient (Wildman–Crippen LogP) is 2.11. The number of nitrogens with zero attached hydrogens (tertiary/aromatic N) is 2. The summed E-state index contributed by atoms with van der Waals surface area (Å²) in [7, 11) is 0. The molecule has 0 spiro atoms. The minimum atomic E-state index is -0.559. The zero-order valence-electron chi connectivity index (χ0n) is 17.2. The van der Waals surface area contributed by atoms with Crippen LogP contribution in [0, 0.1) is 11.8 Å². The number of fused-ring (bicyclic) bond motifs is 1. The summed E-state index contributed by atoms with van der Waals surface area (Å²) in [5, 5.41) is 13.2. The van der Waals surface area contributed by atoms with Gasteiger partial charge in [-0.05, 0) is 55.0 Å². The van der Waals surface area contributed by atoms with Gasteiger partial charge in [0.1, 0.15) is 18.5 Å². The van der Waals surface area contributed by atoms with Crippen molar-refractivity contribution in [2.45, 2.75) is 19.4 Å². The standard InChI is InChI=1S/C24H27N3O3/c1-2-3-18-4-6-20(7-5-18)27-12-10-26(11-13-27)16-21(28)17-30-22-8-9-23-19(14-22)15-24(29)25-23/h4-9,14,21,28H,10-13,15-17H2,1H3,(H,25,29)/t21-/m1/s1. The Morgan fingerprint density at radius 2 is 1.90 bits per heavy atom. The predicted molar refractivity (Wildman–Crippen MR) is 118 cm³/mol. The van der Waals surface area contributed by atoms with Crippen LogP contribution in [0.3, 0.4) is 0 Å². The van der Waals surface area contributed by atoms with E-state index in [0.717, 1.165) is 43.0 Å². The summed E-state index contributed by atoms with van der Waals surface area (Å²) >= 11 is 0. The molecule has 2 aliphatic heterocycles. The van der Waals surface area contributed by atoms with Crippen molar-refractivity contribution in [3.63, 3.8) is 0 Å². The van der Waals surface area contributed by atoms with Crippen LogP contribution in [0.4, 0.5) is 11.4 Å². The summed E-state index contributed by atoms with van der Waals surface area (Å²) in [6, 6.07) is 13.9. The topological polar surface area (TPSA) is 65.0 Å². The summed E-state index contributed by atoms with van der Waals surface area (Å²) < 4.78 is 5.75. The molecule has 2 heterocycles. The summed E-state index contributed by atoms with van der Waals surface area (Å²) in [4.78, 5) is 16.1. The second-order valence-electron chi connectivity index (χ2n) is 7.72. The van der Waals surface area contributed by atoms with Crippen LogP contribution in [0.15, 0.2) is 42.5 Å². The van der Waals surface area contributed by atoms with Gasteiger partial charge < -0.3 is 20.1 Å². The Balaban J connectivity index is 1.21. The van der Waals surface area contributed by atoms with Crippen molar-refractivity contribution in [2.24, 2.45) is 0 Å². The van der Waals surface area contributed by atoms with Gasteiger partial charge in [-0.3, -0.25) is 9.69 Å². The van der Waals surface area contributed by atoms with Gasteiger partial charge in [-0.15, -0.1) is 5.92 Å². The van der Waals surface area contributed by atoms with E-state index in [1.807, 2.05) is 25.1 Å². The van der Waals surface area contributed by atoms with E-state index in [4.69, 9.17) is 4.74 Å². The van der Waals surface area contributed by atoms with E-state index >= 15 is 0 Å². The molecule has 0 unspecified atom stereocenters. The monoisotopic (exact) mass is 405 g/mol. The maximum absolute atomic E-state index is 11.4. The Morgan fingerprint density at radius 3 is 2.63 bits per heavy atom. The first-order valence-electron chi connectivity index (χ1n) is 10.3. The lowest BCUT2D eigenvalue weighted by Gasteiger charge is -2.36. The smallest absolute Gasteiger partial charge is 0.228 e. The van der Waals surface area contributed by atoms with Crippen molar-refractivity contribution in [3.05, 3.63) is 53.6 Å². The minimum absolute atomic E-state index is 0.00639. The zero-order chi connectivity index (χ0) is 20.9. The molecule has 0 radical (unpaired) electrons. The van der Waals surface area contributed by atoms with Gasteiger partial charge in [0.2, 0.25) is 5.91 Å². The molecule has 6 heteroatoms. The largest absolute Gasteiger partial charge is 0.491 e. The molecule has 0 aromatic heterocycles. The Morgan fingerprint density at radius 1 is 1.13 bits per heavy atom. The maximum atomic E-state index is 11.4. The number of amides is 1. The van der Waals surface area contributed by atoms with Crippen LogP contribution in [-0.4, -0.2) is 61.3 Å². The van der Waals surface area contributed by atoms with Crippen molar-refractivity contribution in [3.8, 4) is 17.6 Å². The van der Waals surface area contributed by atoms with E-state index in [9.17, 15) is 9.90 Å². The number of benzene rings is 2. The second kappa shape index (κ2) is 9.21. The lowest BCUT2D eigenvalue weighted by Crippen LogP contribution is -2.49. The van der Waals surface area contributed by atoms with Crippen LogP contribution in [0.1, 0.15) is 18.1 Å². The number of β-amino-alcohol motifs (C(OH)–C–C–N with tert-alkyl or cyclic N) is 1. The third-order valence-electron chi connectivity index (χ3n) is 5.49. The average Bonchev–Trinajstić information content (AvgIpc) is 3.13. The summed E-state index contributed by atoms with van der Waals surface area (Å²) in [6.45, 7) is 6.33. The van der Waals surface area contributed by atoms with Crippen LogP contribution in [0.25, 0.3) is 0 Å². The second-order valence-corrected chi connectivity index (χ2v) is 7.72. The summed E-state index contributed by atoms with van der Waals surface area (Å²) in [5.74, 6) is 6.68. The highest BCUT2D eigenvalue weighted by Crippen LogP contribution is 2.27. The SMILES string of the molecule is CC#Cc1ccc(N2CCN(C[C@@H](O)COc3ccc4c(c3)CC(=O)N4)CC2)cc1. The molecule has 1 amide bonds. The number of carbonyl (C=O) groups excluding carboxylic acids is 1. The van der Waals surface area contributed by atoms with E-state index < -0.39 is 6.10 Å². The molecule has 0 saturated carbocycles. The van der Waals surface area contributed by atoms with Crippen LogP contribution in [0.2, 0.25) is 0 Å². The van der Waals surface area contributed by atoms with E-state index in [0.29, 0.717) is 18.7 Å². The zero-order valence-corrected chi connectivity index (χ0v) is 17.2. The van der Waals surface area contributed by atoms with Crippen LogP contribution < -0.4 is 15.0 Å². The molecule has 0 bridgehead atoms. The first-order valence-corrected chi connectivity index (χ1v) is 10.3. The lowest BCUT2D eigenvalue weighted by atomic mass is 10.1. The number of hydrogen-bond donors (Lipinski definition) is 2. The quantitative estimate of drug-likeness (QED) is 0.721. The Bertz CT molecular complexity index is 954. The molecule has 1 atom stereocenters. The number of piperazine rings is 1. The van der Waals surface area contributed by atoms with Gasteiger partial charge in [0, 0.05) is 49.7 Å². The number of anilines is 2. The average molecular weight is 405 g/mol. The first-order chi connectivity index (χ1) is 14.6. The first kappa shape index (κ1) is 20.3. The Kier molecular flexibility index (Phi) is 6.22. The van der Waals surface area contributed by atoms with Crippen molar-refractivity contribution < 1.29 is 14.6 Å². The molecule has 2 aromatic carbocycles. The van der Waals surface area contributed by atoms with Gasteiger partial charge in [-0.1, -0.05) is 5.92 Å². The number of hydrogen-bond acceptors (Lipinski definition) is 5. The summed E-state index contributed by atoms with van der Waals surface area (Å²) in [6.07, 6.45) is -0.176. The number of nitrogens with one attached hydrogen (secondary N) is 1. The van der Waals surface area contributed by atoms with E-state index in [-0.39, 0.29) is 12.5 Å². The van der Waals surface area contributed by atoms with E-state index in [1.165, 1.54) is 5.69 Å². The van der Waals surface area contributed by atoms with E-state index in [2.05, 4.69) is 51.2 Å². The number of rotatable bonds is 6. The highest BCUT2D eigenvalue weighted by Gasteiger charge is 2.21. The molecule has 0 aliphatic carbocycles. The molecule has 1 fully saturated rings. The Labute approximate surface area is 177 Å². The Hall–Kier alpha value is -3.01. The third kappa shape index (κ3) is 4.93. The maximum Gasteiger partial charge on any atom is 0.228 e. The molecule has 4 rings (SSSR count). The molecule has 1 saturated heterocycles. The van der Waals surface area contributed by atoms with Crippen LogP contribution in [-0.2, 0) is 11.2 Å². The number of carbonyl (C=O) groups is 1. The number of aliphatic hydroxyl groups excluding tert-OH is 1. The molecular weight excluding hydrogens is 378 g/mol. The highest BCUT2D eigenvalue weighted by molar-refractivity contribution is 5.99. The fraction of sp³-hybridized carbons (Fsp3) is 0.375. The molecule has 156 valence electrons. The van der Waals surface area contributed by atoms with Crippen LogP contribution in [0.5, 0.6) is 5.75 Å². The number of aliphatic hydroxyl groups is 1. The van der Waals surface area contributed by atoms with Crippen molar-refractivity contribution in [2.75, 3.05) is 49.5 Å².